The predicted molar refractivity (Wildman–Crippen MR) is 145 cm³/mol. The minimum absolute atomic E-state index is 0.260. The van der Waals surface area contributed by atoms with Crippen LogP contribution in [0.1, 0.15) is 25.0 Å². The van der Waals surface area contributed by atoms with E-state index in [0.717, 1.165) is 67.5 Å². The van der Waals surface area contributed by atoms with Crippen molar-refractivity contribution in [3.63, 3.8) is 0 Å². The monoisotopic (exact) mass is 470 g/mol. The fourth-order valence-electron chi connectivity index (χ4n) is 5.56. The third-order valence-corrected chi connectivity index (χ3v) is 7.62. The van der Waals surface area contributed by atoms with Crippen LogP contribution in [-0.4, -0.2) is 19.1 Å². The van der Waals surface area contributed by atoms with E-state index in [1.165, 1.54) is 0 Å². The number of fused-ring (bicyclic) bond motifs is 4. The van der Waals surface area contributed by atoms with Gasteiger partial charge in [0, 0.05) is 41.8 Å². The van der Waals surface area contributed by atoms with E-state index in [9.17, 15) is 0 Å². The predicted octanol–water partition coefficient (Wildman–Crippen LogP) is 7.23. The van der Waals surface area contributed by atoms with E-state index in [-0.39, 0.29) is 5.41 Å². The second kappa shape index (κ2) is 7.31. The molecule has 5 nitrogen and oxygen atoms in total. The normalized spacial score (nSPS) is 14.0. The van der Waals surface area contributed by atoms with Crippen molar-refractivity contribution in [3.8, 4) is 34.3 Å². The van der Waals surface area contributed by atoms with E-state index in [2.05, 4.69) is 110 Å². The molecule has 0 unspecified atom stereocenters. The molecule has 0 amide bonds. The average molecular weight is 471 g/mol. The lowest BCUT2D eigenvalue weighted by atomic mass is 9.75. The molecule has 7 rings (SSSR count). The summed E-state index contributed by atoms with van der Waals surface area (Å²) in [4.78, 5) is 9.84. The van der Waals surface area contributed by atoms with Gasteiger partial charge in [-0.1, -0.05) is 38.1 Å². The van der Waals surface area contributed by atoms with Crippen LogP contribution in [0, 0.1) is 0 Å². The molecule has 0 N–H and O–H groups in total. The third kappa shape index (κ3) is 2.89. The first-order valence-electron chi connectivity index (χ1n) is 12.2. The average Bonchev–Trinajstić information content (AvgIpc) is 3.41. The van der Waals surface area contributed by atoms with Crippen LogP contribution in [0.25, 0.3) is 44.8 Å². The van der Waals surface area contributed by atoms with Gasteiger partial charge < -0.3 is 13.9 Å². The molecular formula is C31H26N4O. The molecule has 5 heteroatoms. The van der Waals surface area contributed by atoms with E-state index in [0.29, 0.717) is 0 Å². The van der Waals surface area contributed by atoms with Crippen LogP contribution in [0.3, 0.4) is 0 Å². The first-order chi connectivity index (χ1) is 17.4. The fourth-order valence-corrected chi connectivity index (χ4v) is 5.56. The summed E-state index contributed by atoms with van der Waals surface area (Å²) in [6, 6.07) is 29.3. The van der Waals surface area contributed by atoms with Crippen molar-refractivity contribution in [3.05, 3.63) is 96.1 Å². The summed E-state index contributed by atoms with van der Waals surface area (Å²) < 4.78 is 10.7. The van der Waals surface area contributed by atoms with Crippen molar-refractivity contribution in [1.82, 2.24) is 19.1 Å². The Hall–Kier alpha value is -4.38. The highest BCUT2D eigenvalue weighted by Gasteiger charge is 2.35. The summed E-state index contributed by atoms with van der Waals surface area (Å²) >= 11 is 0. The maximum absolute atomic E-state index is 6.42. The summed E-state index contributed by atoms with van der Waals surface area (Å²) in [5.41, 5.74) is 8.46. The Bertz CT molecular complexity index is 1690. The molecule has 176 valence electrons. The zero-order valence-electron chi connectivity index (χ0n) is 20.8. The van der Waals surface area contributed by atoms with Gasteiger partial charge in [0.25, 0.3) is 0 Å². The summed E-state index contributed by atoms with van der Waals surface area (Å²) in [5, 5.41) is 0. The van der Waals surface area contributed by atoms with Crippen LogP contribution in [0.2, 0.25) is 0 Å². The van der Waals surface area contributed by atoms with Gasteiger partial charge in [0.1, 0.15) is 23.1 Å². The number of nitrogens with zero attached hydrogens (tertiary/aromatic N) is 4. The summed E-state index contributed by atoms with van der Waals surface area (Å²) in [5.74, 6) is 3.69. The third-order valence-electron chi connectivity index (χ3n) is 7.62. The molecule has 0 fully saturated rings. The van der Waals surface area contributed by atoms with E-state index in [1.54, 1.807) is 0 Å². The maximum Gasteiger partial charge on any atom is 0.140 e. The molecule has 2 aromatic heterocycles. The molecule has 0 saturated heterocycles. The second-order valence-corrected chi connectivity index (χ2v) is 10.1. The fraction of sp³-hybridized carbons (Fsp3) is 0.161. The van der Waals surface area contributed by atoms with Crippen LogP contribution in [0.15, 0.2) is 84.9 Å². The Morgan fingerprint density at radius 2 is 1.06 bits per heavy atom. The zero-order chi connectivity index (χ0) is 24.6. The number of ether oxygens (including phenoxy) is 1. The first-order valence-corrected chi connectivity index (χ1v) is 12.2. The molecule has 0 bridgehead atoms. The van der Waals surface area contributed by atoms with Crippen molar-refractivity contribution in [2.45, 2.75) is 19.3 Å². The highest BCUT2D eigenvalue weighted by Crippen LogP contribution is 2.49. The van der Waals surface area contributed by atoms with Gasteiger partial charge in [-0.05, 0) is 60.7 Å². The van der Waals surface area contributed by atoms with Crippen LogP contribution < -0.4 is 4.74 Å². The number of hydrogen-bond acceptors (Lipinski definition) is 3. The molecule has 0 aliphatic carbocycles. The minimum atomic E-state index is -0.260. The van der Waals surface area contributed by atoms with Gasteiger partial charge in [-0.2, -0.15) is 0 Å². The Morgan fingerprint density at radius 1 is 0.611 bits per heavy atom. The number of benzene rings is 4. The molecule has 36 heavy (non-hydrogen) atoms. The Balaban J connectivity index is 1.35. The summed E-state index contributed by atoms with van der Waals surface area (Å²) in [7, 11) is 4.15. The van der Waals surface area contributed by atoms with Crippen molar-refractivity contribution >= 4 is 22.1 Å². The topological polar surface area (TPSA) is 44.9 Å². The van der Waals surface area contributed by atoms with Gasteiger partial charge in [0.05, 0.1) is 22.1 Å². The van der Waals surface area contributed by atoms with E-state index in [1.807, 2.05) is 12.1 Å². The van der Waals surface area contributed by atoms with Gasteiger partial charge in [-0.3, -0.25) is 0 Å². The molecule has 4 aromatic carbocycles. The maximum atomic E-state index is 6.42. The lowest BCUT2D eigenvalue weighted by Crippen LogP contribution is -2.24. The zero-order valence-corrected chi connectivity index (χ0v) is 20.8. The number of hydrogen-bond donors (Lipinski definition) is 0. The molecule has 3 heterocycles. The van der Waals surface area contributed by atoms with Crippen molar-refractivity contribution in [2.75, 3.05) is 0 Å². The van der Waals surface area contributed by atoms with Crippen molar-refractivity contribution < 1.29 is 4.74 Å². The molecule has 1 aliphatic heterocycles. The lowest BCUT2D eigenvalue weighted by molar-refractivity contribution is 0.418. The Kier molecular flexibility index (Phi) is 4.25. The van der Waals surface area contributed by atoms with Gasteiger partial charge in [0.2, 0.25) is 0 Å². The first kappa shape index (κ1) is 20.9. The number of para-hydroxylation sites is 4. The number of imidazole rings is 2. The molecule has 6 aromatic rings. The molecule has 0 saturated carbocycles. The van der Waals surface area contributed by atoms with Crippen LogP contribution in [0.4, 0.5) is 0 Å². The smallest absolute Gasteiger partial charge is 0.140 e. The van der Waals surface area contributed by atoms with E-state index >= 15 is 0 Å². The van der Waals surface area contributed by atoms with Gasteiger partial charge in [-0.25, -0.2) is 9.97 Å². The number of aryl methyl sites for hydroxylation is 2. The summed E-state index contributed by atoms with van der Waals surface area (Å²) in [6.45, 7) is 4.54. The highest BCUT2D eigenvalue weighted by molar-refractivity contribution is 5.82. The van der Waals surface area contributed by atoms with Gasteiger partial charge >= 0.3 is 0 Å². The molecular weight excluding hydrogens is 444 g/mol. The Labute approximate surface area is 209 Å². The van der Waals surface area contributed by atoms with Crippen molar-refractivity contribution in [2.24, 2.45) is 14.1 Å². The highest BCUT2D eigenvalue weighted by atomic mass is 16.5. The lowest BCUT2D eigenvalue weighted by Gasteiger charge is -2.35. The Morgan fingerprint density at radius 3 is 1.50 bits per heavy atom. The van der Waals surface area contributed by atoms with Crippen LogP contribution >= 0.6 is 0 Å². The van der Waals surface area contributed by atoms with E-state index in [4.69, 9.17) is 14.7 Å². The minimum Gasteiger partial charge on any atom is -0.457 e. The van der Waals surface area contributed by atoms with Crippen LogP contribution in [-0.2, 0) is 19.5 Å². The quantitative estimate of drug-likeness (QED) is 0.268. The molecule has 0 spiro atoms. The van der Waals surface area contributed by atoms with Crippen LogP contribution in [0.5, 0.6) is 11.5 Å². The van der Waals surface area contributed by atoms with Gasteiger partial charge in [0.15, 0.2) is 0 Å². The SMILES string of the molecule is Cn1c(-c2ccc3c(c2)C(C)(C)c2cc(-c4nc5ccccc5n4C)ccc2O3)nc2ccccc21. The van der Waals surface area contributed by atoms with Crippen molar-refractivity contribution in [1.29, 1.82) is 0 Å². The number of rotatable bonds is 2. The standard InChI is InChI=1S/C31H26N4O/c1-31(2)21-17-19(29-32-23-9-5-7-11-25(23)34(29)3)13-15-27(21)36-28-16-14-20(18-22(28)31)30-33-24-10-6-8-12-26(24)35(30)4/h5-18H,1-4H3. The van der Waals surface area contributed by atoms with E-state index < -0.39 is 0 Å². The largest absolute Gasteiger partial charge is 0.457 e. The molecule has 0 atom stereocenters. The number of aromatic nitrogens is 4. The van der Waals surface area contributed by atoms with Gasteiger partial charge in [-0.15, -0.1) is 0 Å². The summed E-state index contributed by atoms with van der Waals surface area (Å²) in [6.07, 6.45) is 0. The molecule has 0 radical (unpaired) electrons. The second-order valence-electron chi connectivity index (χ2n) is 10.1. The molecule has 1 aliphatic rings.